The number of hydrogen-bond acceptors (Lipinski definition) is 4. The largest absolute Gasteiger partial charge is 0.508 e. The van der Waals surface area contributed by atoms with Crippen LogP contribution in [0.1, 0.15) is 18.4 Å². The van der Waals surface area contributed by atoms with Crippen molar-refractivity contribution in [1.29, 1.82) is 0 Å². The van der Waals surface area contributed by atoms with Crippen LogP contribution in [-0.2, 0) is 11.3 Å². The molecule has 5 heteroatoms. The molecule has 0 spiro atoms. The summed E-state index contributed by atoms with van der Waals surface area (Å²) in [6.07, 6.45) is 2.20. The van der Waals surface area contributed by atoms with Crippen molar-refractivity contribution in [2.75, 3.05) is 11.6 Å². The van der Waals surface area contributed by atoms with Crippen molar-refractivity contribution >= 4 is 17.7 Å². The van der Waals surface area contributed by atoms with Crippen LogP contribution in [0.3, 0.4) is 0 Å². The molecule has 2 aliphatic rings. The van der Waals surface area contributed by atoms with Gasteiger partial charge in [-0.3, -0.25) is 10.1 Å². The molecule has 1 aromatic rings. The molecule has 19 heavy (non-hydrogen) atoms. The monoisotopic (exact) mass is 278 g/mol. The Balaban J connectivity index is 1.72. The molecule has 102 valence electrons. The van der Waals surface area contributed by atoms with Crippen LogP contribution in [0.5, 0.6) is 5.75 Å². The highest BCUT2D eigenvalue weighted by molar-refractivity contribution is 7.99. The van der Waals surface area contributed by atoms with Gasteiger partial charge in [0.2, 0.25) is 5.91 Å². The number of nitrogens with one attached hydrogen (secondary N) is 1. The zero-order valence-corrected chi connectivity index (χ0v) is 11.5. The second-order valence-corrected chi connectivity index (χ2v) is 6.17. The number of hydrogen-bond donors (Lipinski definition) is 2. The molecule has 2 N–H and O–H groups in total. The van der Waals surface area contributed by atoms with Crippen molar-refractivity contribution in [2.45, 2.75) is 31.5 Å². The van der Waals surface area contributed by atoms with E-state index < -0.39 is 0 Å². The van der Waals surface area contributed by atoms with Crippen LogP contribution in [0.25, 0.3) is 0 Å². The van der Waals surface area contributed by atoms with Crippen LogP contribution < -0.4 is 5.32 Å². The molecule has 3 rings (SSSR count). The molecule has 1 aromatic carbocycles. The molecule has 1 saturated heterocycles. The lowest BCUT2D eigenvalue weighted by Gasteiger charge is -2.25. The van der Waals surface area contributed by atoms with Gasteiger partial charge in [-0.2, -0.15) is 0 Å². The van der Waals surface area contributed by atoms with Crippen molar-refractivity contribution in [2.24, 2.45) is 0 Å². The van der Waals surface area contributed by atoms with Crippen LogP contribution in [0.4, 0.5) is 0 Å². The van der Waals surface area contributed by atoms with Crippen molar-refractivity contribution in [3.63, 3.8) is 0 Å². The summed E-state index contributed by atoms with van der Waals surface area (Å²) in [4.78, 5) is 14.5. The minimum Gasteiger partial charge on any atom is -0.508 e. The molecule has 1 saturated carbocycles. The highest BCUT2D eigenvalue weighted by Gasteiger charge is 2.36. The third-order valence-electron chi connectivity index (χ3n) is 3.55. The summed E-state index contributed by atoms with van der Waals surface area (Å²) in [5, 5.41) is 12.8. The first-order valence-corrected chi connectivity index (χ1v) is 7.79. The van der Waals surface area contributed by atoms with Crippen LogP contribution in [0, 0.1) is 0 Å². The fourth-order valence-corrected chi connectivity index (χ4v) is 3.31. The lowest BCUT2D eigenvalue weighted by Crippen LogP contribution is -2.45. The molecule has 4 nitrogen and oxygen atoms in total. The van der Waals surface area contributed by atoms with Crippen molar-refractivity contribution in [1.82, 2.24) is 10.2 Å². The summed E-state index contributed by atoms with van der Waals surface area (Å²) in [5.74, 6) is 2.19. The predicted molar refractivity (Wildman–Crippen MR) is 75.9 cm³/mol. The summed E-state index contributed by atoms with van der Waals surface area (Å²) in [5.41, 5.74) is 0.992. The van der Waals surface area contributed by atoms with E-state index in [0.717, 1.165) is 30.0 Å². The van der Waals surface area contributed by atoms with E-state index in [4.69, 9.17) is 0 Å². The molecule has 1 unspecified atom stereocenters. The van der Waals surface area contributed by atoms with Crippen molar-refractivity contribution in [3.8, 4) is 5.75 Å². The van der Waals surface area contributed by atoms with Gasteiger partial charge in [-0.15, -0.1) is 11.8 Å². The summed E-state index contributed by atoms with van der Waals surface area (Å²) in [6, 6.07) is 7.52. The molecule has 1 atom stereocenters. The number of carbonyl (C=O) groups is 1. The van der Waals surface area contributed by atoms with Gasteiger partial charge < -0.3 is 10.0 Å². The molecule has 1 amide bonds. The van der Waals surface area contributed by atoms with E-state index in [1.165, 1.54) is 0 Å². The number of thioether (sulfide) groups is 1. The molecular weight excluding hydrogens is 260 g/mol. The molecular formula is C14H18N2O2S. The lowest BCUT2D eigenvalue weighted by atomic mass is 10.2. The minimum absolute atomic E-state index is 0.0390. The van der Waals surface area contributed by atoms with Gasteiger partial charge in [0.05, 0.1) is 6.04 Å². The number of nitrogens with zero attached hydrogens (tertiary/aromatic N) is 1. The van der Waals surface area contributed by atoms with Gasteiger partial charge in [0.25, 0.3) is 0 Å². The second-order valence-electron chi connectivity index (χ2n) is 5.14. The van der Waals surface area contributed by atoms with Gasteiger partial charge in [-0.1, -0.05) is 12.1 Å². The Hall–Kier alpha value is -1.20. The predicted octanol–water partition coefficient (Wildman–Crippen LogP) is 1.55. The Bertz CT molecular complexity index is 470. The van der Waals surface area contributed by atoms with Gasteiger partial charge >= 0.3 is 0 Å². The van der Waals surface area contributed by atoms with Crippen LogP contribution in [0.15, 0.2) is 24.3 Å². The second kappa shape index (κ2) is 5.43. The highest BCUT2D eigenvalue weighted by atomic mass is 32.2. The summed E-state index contributed by atoms with van der Waals surface area (Å²) >= 11 is 1.77. The maximum atomic E-state index is 12.5. The Labute approximate surface area is 117 Å². The number of amides is 1. The number of benzene rings is 1. The average Bonchev–Trinajstić information content (AvgIpc) is 3.09. The van der Waals surface area contributed by atoms with Crippen LogP contribution in [-0.4, -0.2) is 39.6 Å². The standard InChI is InChI=1S/C14H18N2O2S/c17-12-3-1-2-10(6-12)7-16(11-4-5-11)14(18)13-8-19-9-15-13/h1-3,6,11,13,15,17H,4-5,7-9H2. The third kappa shape index (κ3) is 3.04. The Morgan fingerprint density at radius 1 is 1.47 bits per heavy atom. The SMILES string of the molecule is O=C(C1CSCN1)N(Cc1cccc(O)c1)C1CC1. The fraction of sp³-hybridized carbons (Fsp3) is 0.500. The Morgan fingerprint density at radius 3 is 2.95 bits per heavy atom. The fourth-order valence-electron chi connectivity index (χ4n) is 2.38. The smallest absolute Gasteiger partial charge is 0.241 e. The van der Waals surface area contributed by atoms with Gasteiger partial charge in [0.15, 0.2) is 0 Å². The first-order valence-electron chi connectivity index (χ1n) is 6.63. The molecule has 0 radical (unpaired) electrons. The maximum Gasteiger partial charge on any atom is 0.241 e. The van der Waals surface area contributed by atoms with Crippen LogP contribution >= 0.6 is 11.8 Å². The van der Waals surface area contributed by atoms with Gasteiger partial charge in [-0.05, 0) is 30.5 Å². The van der Waals surface area contributed by atoms with E-state index in [2.05, 4.69) is 5.32 Å². The van der Waals surface area contributed by atoms with E-state index in [-0.39, 0.29) is 17.7 Å². The number of aromatic hydroxyl groups is 1. The zero-order chi connectivity index (χ0) is 13.2. The van der Waals surface area contributed by atoms with Crippen molar-refractivity contribution in [3.05, 3.63) is 29.8 Å². The molecule has 0 aromatic heterocycles. The molecule has 1 heterocycles. The van der Waals surface area contributed by atoms with E-state index in [9.17, 15) is 9.90 Å². The topological polar surface area (TPSA) is 52.6 Å². The molecule has 2 fully saturated rings. The average molecular weight is 278 g/mol. The highest BCUT2D eigenvalue weighted by Crippen LogP contribution is 2.30. The number of rotatable bonds is 4. The Morgan fingerprint density at radius 2 is 2.32 bits per heavy atom. The van der Waals surface area contributed by atoms with Gasteiger partial charge in [0.1, 0.15) is 5.75 Å². The maximum absolute atomic E-state index is 12.5. The molecule has 1 aliphatic carbocycles. The number of phenols is 1. The lowest BCUT2D eigenvalue weighted by molar-refractivity contribution is -0.133. The van der Waals surface area contributed by atoms with E-state index in [0.29, 0.717) is 12.6 Å². The van der Waals surface area contributed by atoms with E-state index in [1.54, 1.807) is 23.9 Å². The van der Waals surface area contributed by atoms with E-state index >= 15 is 0 Å². The zero-order valence-electron chi connectivity index (χ0n) is 10.7. The number of carbonyl (C=O) groups excluding carboxylic acids is 1. The first-order chi connectivity index (χ1) is 9.24. The Kier molecular flexibility index (Phi) is 3.66. The minimum atomic E-state index is -0.0390. The van der Waals surface area contributed by atoms with E-state index in [1.807, 2.05) is 17.0 Å². The summed E-state index contributed by atoms with van der Waals surface area (Å²) in [6.45, 7) is 0.598. The van der Waals surface area contributed by atoms with Crippen molar-refractivity contribution < 1.29 is 9.90 Å². The van der Waals surface area contributed by atoms with Gasteiger partial charge in [0, 0.05) is 24.2 Å². The summed E-state index contributed by atoms with van der Waals surface area (Å²) in [7, 11) is 0. The summed E-state index contributed by atoms with van der Waals surface area (Å²) < 4.78 is 0. The molecule has 0 bridgehead atoms. The van der Waals surface area contributed by atoms with Crippen LogP contribution in [0.2, 0.25) is 0 Å². The third-order valence-corrected chi connectivity index (χ3v) is 4.49. The first kappa shape index (κ1) is 12.8. The molecule has 1 aliphatic heterocycles. The number of phenolic OH excluding ortho intramolecular Hbond substituents is 1. The van der Waals surface area contributed by atoms with Gasteiger partial charge in [-0.25, -0.2) is 0 Å². The quantitative estimate of drug-likeness (QED) is 0.877. The normalized spacial score (nSPS) is 22.4.